The van der Waals surface area contributed by atoms with Crippen LogP contribution in [-0.2, 0) is 17.4 Å². The molecular formula is C21H22F3NO4. The van der Waals surface area contributed by atoms with Crippen molar-refractivity contribution in [2.24, 2.45) is 0 Å². The highest BCUT2D eigenvalue weighted by Gasteiger charge is 2.30. The highest BCUT2D eigenvalue weighted by molar-refractivity contribution is 5.92. The topological polar surface area (TPSA) is 56.8 Å². The molecule has 0 fully saturated rings. The number of methoxy groups -OCH3 is 3. The molecule has 0 saturated heterocycles. The lowest BCUT2D eigenvalue weighted by Gasteiger charge is -2.14. The number of carbonyl (C=O) groups excluding carboxylic acids is 1. The molecule has 0 aliphatic rings. The molecule has 0 aromatic heterocycles. The smallest absolute Gasteiger partial charge is 0.416 e. The van der Waals surface area contributed by atoms with Gasteiger partial charge in [-0.1, -0.05) is 18.2 Å². The molecular weight excluding hydrogens is 387 g/mol. The maximum atomic E-state index is 12.7. The number of hydrogen-bond donors (Lipinski definition) is 1. The first kappa shape index (κ1) is 22.1. The molecule has 0 unspecified atom stereocenters. The van der Waals surface area contributed by atoms with Crippen LogP contribution < -0.4 is 19.5 Å². The van der Waals surface area contributed by atoms with Crippen molar-refractivity contribution in [3.63, 3.8) is 0 Å². The van der Waals surface area contributed by atoms with Gasteiger partial charge in [-0.15, -0.1) is 0 Å². The molecule has 2 rings (SSSR count). The minimum Gasteiger partial charge on any atom is -0.493 e. The summed E-state index contributed by atoms with van der Waals surface area (Å²) >= 11 is 0. The van der Waals surface area contributed by atoms with E-state index in [1.54, 1.807) is 24.3 Å². The summed E-state index contributed by atoms with van der Waals surface area (Å²) in [5.74, 6) is 0.933. The van der Waals surface area contributed by atoms with Crippen LogP contribution in [0.5, 0.6) is 17.2 Å². The van der Waals surface area contributed by atoms with Crippen molar-refractivity contribution in [1.82, 2.24) is 5.32 Å². The summed E-state index contributed by atoms with van der Waals surface area (Å²) in [5.41, 5.74) is 0.394. The van der Waals surface area contributed by atoms with Crippen LogP contribution in [-0.4, -0.2) is 33.8 Å². The Balaban J connectivity index is 1.99. The quantitative estimate of drug-likeness (QED) is 0.667. The first-order chi connectivity index (χ1) is 13.8. The lowest BCUT2D eigenvalue weighted by Crippen LogP contribution is -2.23. The third-order valence-electron chi connectivity index (χ3n) is 4.12. The Morgan fingerprint density at radius 2 is 1.76 bits per heavy atom. The molecule has 156 valence electrons. The first-order valence-corrected chi connectivity index (χ1v) is 8.71. The van der Waals surface area contributed by atoms with Crippen molar-refractivity contribution in [1.29, 1.82) is 0 Å². The Morgan fingerprint density at radius 1 is 1.03 bits per heavy atom. The van der Waals surface area contributed by atoms with Crippen molar-refractivity contribution < 1.29 is 32.2 Å². The number of rotatable bonds is 8. The first-order valence-electron chi connectivity index (χ1n) is 8.71. The summed E-state index contributed by atoms with van der Waals surface area (Å²) in [6.45, 7) is 0.202. The van der Waals surface area contributed by atoms with E-state index in [-0.39, 0.29) is 18.9 Å². The zero-order valence-corrected chi connectivity index (χ0v) is 16.3. The van der Waals surface area contributed by atoms with E-state index in [2.05, 4.69) is 5.32 Å². The molecule has 1 N–H and O–H groups in total. The second-order valence-electron chi connectivity index (χ2n) is 6.00. The van der Waals surface area contributed by atoms with E-state index >= 15 is 0 Å². The SMILES string of the molecule is COc1ccc(/C=C/C(=O)NCCc2cccc(C(F)(F)F)c2)c(OC)c1OC. The van der Waals surface area contributed by atoms with E-state index in [0.29, 0.717) is 28.4 Å². The maximum Gasteiger partial charge on any atom is 0.416 e. The molecule has 0 saturated carbocycles. The molecule has 0 aliphatic heterocycles. The average Bonchev–Trinajstić information content (AvgIpc) is 2.70. The van der Waals surface area contributed by atoms with Gasteiger partial charge in [-0.05, 0) is 36.3 Å². The standard InChI is InChI=1S/C21H22F3NO4/c1-27-17-9-7-15(19(28-2)20(17)29-3)8-10-18(26)25-12-11-14-5-4-6-16(13-14)21(22,23)24/h4-10,13H,11-12H2,1-3H3,(H,25,26)/b10-8+. The number of ether oxygens (including phenoxy) is 3. The van der Waals surface area contributed by atoms with E-state index in [1.807, 2.05) is 0 Å². The fourth-order valence-electron chi connectivity index (χ4n) is 2.71. The van der Waals surface area contributed by atoms with Crippen molar-refractivity contribution >= 4 is 12.0 Å². The molecule has 0 bridgehead atoms. The van der Waals surface area contributed by atoms with E-state index < -0.39 is 11.7 Å². The van der Waals surface area contributed by atoms with Crippen molar-refractivity contribution in [2.75, 3.05) is 27.9 Å². The zero-order valence-electron chi connectivity index (χ0n) is 16.3. The normalized spacial score (nSPS) is 11.4. The van der Waals surface area contributed by atoms with Gasteiger partial charge in [0.15, 0.2) is 11.5 Å². The summed E-state index contributed by atoms with van der Waals surface area (Å²) in [6.07, 6.45) is -1.24. The molecule has 0 radical (unpaired) electrons. The third-order valence-corrected chi connectivity index (χ3v) is 4.12. The Kier molecular flexibility index (Phi) is 7.52. The molecule has 2 aromatic rings. The molecule has 0 heterocycles. The molecule has 29 heavy (non-hydrogen) atoms. The molecule has 0 aliphatic carbocycles. The lowest BCUT2D eigenvalue weighted by atomic mass is 10.1. The Hall–Kier alpha value is -3.16. The minimum atomic E-state index is -4.39. The fraction of sp³-hybridized carbons (Fsp3) is 0.286. The van der Waals surface area contributed by atoms with E-state index in [0.717, 1.165) is 12.1 Å². The lowest BCUT2D eigenvalue weighted by molar-refractivity contribution is -0.137. The largest absolute Gasteiger partial charge is 0.493 e. The number of carbonyl (C=O) groups is 1. The summed E-state index contributed by atoms with van der Waals surface area (Å²) in [4.78, 5) is 12.0. The number of alkyl halides is 3. The van der Waals surface area contributed by atoms with Crippen LogP contribution in [0.3, 0.4) is 0 Å². The van der Waals surface area contributed by atoms with Crippen LogP contribution >= 0.6 is 0 Å². The van der Waals surface area contributed by atoms with E-state index in [4.69, 9.17) is 14.2 Å². The predicted octanol–water partition coefficient (Wildman–Crippen LogP) is 4.10. The van der Waals surface area contributed by atoms with Crippen molar-refractivity contribution in [3.8, 4) is 17.2 Å². The van der Waals surface area contributed by atoms with Gasteiger partial charge in [0.1, 0.15) is 0 Å². The van der Waals surface area contributed by atoms with Gasteiger partial charge in [0.2, 0.25) is 11.7 Å². The maximum absolute atomic E-state index is 12.7. The third kappa shape index (κ3) is 5.91. The van der Waals surface area contributed by atoms with Crippen LogP contribution in [0.1, 0.15) is 16.7 Å². The van der Waals surface area contributed by atoms with E-state index in [9.17, 15) is 18.0 Å². The van der Waals surface area contributed by atoms with Gasteiger partial charge in [-0.3, -0.25) is 4.79 Å². The number of benzene rings is 2. The van der Waals surface area contributed by atoms with Gasteiger partial charge < -0.3 is 19.5 Å². The fourth-order valence-corrected chi connectivity index (χ4v) is 2.71. The monoisotopic (exact) mass is 409 g/mol. The van der Waals surface area contributed by atoms with E-state index in [1.165, 1.54) is 33.5 Å². The predicted molar refractivity (Wildman–Crippen MR) is 103 cm³/mol. The number of amides is 1. The number of hydrogen-bond acceptors (Lipinski definition) is 4. The van der Waals surface area contributed by atoms with Gasteiger partial charge >= 0.3 is 6.18 Å². The summed E-state index contributed by atoms with van der Waals surface area (Å²) in [7, 11) is 4.46. The molecule has 2 aromatic carbocycles. The number of nitrogens with one attached hydrogen (secondary N) is 1. The number of halogens is 3. The van der Waals surface area contributed by atoms with Crippen molar-refractivity contribution in [3.05, 3.63) is 59.2 Å². The van der Waals surface area contributed by atoms with Gasteiger partial charge in [-0.2, -0.15) is 13.2 Å². The van der Waals surface area contributed by atoms with Gasteiger partial charge in [0.05, 0.1) is 26.9 Å². The van der Waals surface area contributed by atoms with Crippen LogP contribution in [0.2, 0.25) is 0 Å². The van der Waals surface area contributed by atoms with Crippen LogP contribution in [0.4, 0.5) is 13.2 Å². The second-order valence-corrected chi connectivity index (χ2v) is 6.00. The molecule has 1 amide bonds. The van der Waals surface area contributed by atoms with Gasteiger partial charge in [0, 0.05) is 18.2 Å². The zero-order chi connectivity index (χ0) is 21.4. The highest BCUT2D eigenvalue weighted by atomic mass is 19.4. The summed E-state index contributed by atoms with van der Waals surface area (Å²) in [5, 5.41) is 2.64. The molecule has 0 atom stereocenters. The molecule has 0 spiro atoms. The van der Waals surface area contributed by atoms with Crippen LogP contribution in [0.25, 0.3) is 6.08 Å². The summed E-state index contributed by atoms with van der Waals surface area (Å²) in [6, 6.07) is 8.44. The molecule has 5 nitrogen and oxygen atoms in total. The Bertz CT molecular complexity index is 879. The van der Waals surface area contributed by atoms with Crippen molar-refractivity contribution in [2.45, 2.75) is 12.6 Å². The average molecular weight is 409 g/mol. The second kappa shape index (κ2) is 9.86. The minimum absolute atomic E-state index is 0.202. The summed E-state index contributed by atoms with van der Waals surface area (Å²) < 4.78 is 54.0. The molecule has 8 heteroatoms. The van der Waals surface area contributed by atoms with Gasteiger partial charge in [0.25, 0.3) is 0 Å². The highest BCUT2D eigenvalue weighted by Crippen LogP contribution is 2.40. The Morgan fingerprint density at radius 3 is 2.38 bits per heavy atom. The van der Waals surface area contributed by atoms with Gasteiger partial charge in [-0.25, -0.2) is 0 Å². The van der Waals surface area contributed by atoms with Crippen LogP contribution in [0.15, 0.2) is 42.5 Å². The van der Waals surface area contributed by atoms with Crippen LogP contribution in [0, 0.1) is 0 Å². The Labute approximate surface area is 167 Å².